The minimum Gasteiger partial charge on any atom is -0.497 e. The normalized spacial score (nSPS) is 21.5. The van der Waals surface area contributed by atoms with Crippen LogP contribution >= 0.6 is 0 Å². The summed E-state index contributed by atoms with van der Waals surface area (Å²) in [6.07, 6.45) is 3.03. The Hall–Kier alpha value is -2.10. The zero-order chi connectivity index (χ0) is 22.6. The molecule has 0 saturated carbocycles. The fourth-order valence-corrected chi connectivity index (χ4v) is 6.59. The molecule has 2 aliphatic heterocycles. The summed E-state index contributed by atoms with van der Waals surface area (Å²) in [5, 5.41) is 11.3. The number of hydrogen-bond acceptors (Lipinski definition) is 5. The second-order valence-electron chi connectivity index (χ2n) is 8.72. The summed E-state index contributed by atoms with van der Waals surface area (Å²) in [7, 11) is -0.0179. The van der Waals surface area contributed by atoms with Crippen molar-refractivity contribution in [2.45, 2.75) is 37.6 Å². The van der Waals surface area contributed by atoms with Crippen LogP contribution in [0.2, 0.25) is 0 Å². The van der Waals surface area contributed by atoms with Crippen LogP contribution < -0.4 is 4.74 Å². The molecule has 1 amide bonds. The van der Waals surface area contributed by atoms with Crippen LogP contribution in [0.25, 0.3) is 10.9 Å². The van der Waals surface area contributed by atoms with Crippen molar-refractivity contribution in [2.24, 2.45) is 7.05 Å². The van der Waals surface area contributed by atoms with Crippen molar-refractivity contribution in [2.75, 3.05) is 39.6 Å². The van der Waals surface area contributed by atoms with Crippen LogP contribution in [-0.4, -0.2) is 72.8 Å². The summed E-state index contributed by atoms with van der Waals surface area (Å²) in [5.74, 6) is 0.852. The van der Waals surface area contributed by atoms with Gasteiger partial charge in [0.15, 0.2) is 0 Å². The summed E-state index contributed by atoms with van der Waals surface area (Å²) >= 11 is 0. The number of methoxy groups -OCH3 is 1. The molecular weight excluding hydrogens is 418 g/mol. The molecule has 8 nitrogen and oxygen atoms in total. The molecule has 1 atom stereocenters. The molecule has 1 spiro atoms. The van der Waals surface area contributed by atoms with Gasteiger partial charge >= 0.3 is 0 Å². The highest BCUT2D eigenvalue weighted by atomic mass is 32.2. The van der Waals surface area contributed by atoms with Gasteiger partial charge in [0.1, 0.15) is 5.75 Å². The van der Waals surface area contributed by atoms with E-state index in [2.05, 4.69) is 0 Å². The van der Waals surface area contributed by atoms with Crippen molar-refractivity contribution in [3.05, 3.63) is 29.5 Å². The van der Waals surface area contributed by atoms with Gasteiger partial charge < -0.3 is 19.3 Å². The van der Waals surface area contributed by atoms with E-state index >= 15 is 0 Å². The molecule has 1 fully saturated rings. The minimum atomic E-state index is -3.55. The molecule has 0 unspecified atom stereocenters. The Kier molecular flexibility index (Phi) is 5.56. The highest BCUT2D eigenvalue weighted by Crippen LogP contribution is 2.50. The van der Waals surface area contributed by atoms with Crippen molar-refractivity contribution in [1.82, 2.24) is 13.8 Å². The summed E-state index contributed by atoms with van der Waals surface area (Å²) in [4.78, 5) is 14.1. The van der Waals surface area contributed by atoms with E-state index in [4.69, 9.17) is 4.74 Å². The number of sulfonamides is 1. The van der Waals surface area contributed by atoms with Gasteiger partial charge in [-0.25, -0.2) is 8.42 Å². The predicted molar refractivity (Wildman–Crippen MR) is 119 cm³/mol. The maximum absolute atomic E-state index is 12.8. The number of carbonyl (C=O) groups is 1. The molecule has 3 heterocycles. The fourth-order valence-electron chi connectivity index (χ4n) is 5.48. The van der Waals surface area contributed by atoms with E-state index in [1.54, 1.807) is 7.11 Å². The molecule has 0 bridgehead atoms. The monoisotopic (exact) mass is 449 g/mol. The zero-order valence-corrected chi connectivity index (χ0v) is 19.4. The van der Waals surface area contributed by atoms with E-state index in [1.807, 2.05) is 41.6 Å². The van der Waals surface area contributed by atoms with E-state index in [-0.39, 0.29) is 12.5 Å². The summed E-state index contributed by atoms with van der Waals surface area (Å²) in [6.45, 7) is 3.07. The molecule has 2 aliphatic rings. The van der Waals surface area contributed by atoms with Gasteiger partial charge in [-0.2, -0.15) is 4.31 Å². The number of hydrogen-bond donors (Lipinski definition) is 1. The highest BCUT2D eigenvalue weighted by molar-refractivity contribution is 7.88. The van der Waals surface area contributed by atoms with Crippen LogP contribution in [0.5, 0.6) is 5.75 Å². The average Bonchev–Trinajstić information content (AvgIpc) is 3.06. The Bertz CT molecular complexity index is 1120. The van der Waals surface area contributed by atoms with Gasteiger partial charge in [-0.05, 0) is 30.5 Å². The molecule has 1 aromatic carbocycles. The van der Waals surface area contributed by atoms with Crippen LogP contribution in [0.3, 0.4) is 0 Å². The van der Waals surface area contributed by atoms with E-state index in [9.17, 15) is 18.3 Å². The Labute approximate surface area is 183 Å². The smallest absolute Gasteiger partial charge is 0.222 e. The standard InChI is InChI=1S/C22H31N3O5S/c1-5-19(27)24-10-8-22(9-11-24)14-25(31(4,28)29)18(13-26)21-20(22)16-7-6-15(30-3)12-17(16)23(21)2/h6-7,12,18,26H,5,8-11,13-14H2,1-4H3/t18-/m0/s1. The molecule has 1 N–H and O–H groups in total. The number of benzene rings is 1. The Morgan fingerprint density at radius 2 is 1.97 bits per heavy atom. The van der Waals surface area contributed by atoms with Crippen LogP contribution in [0.1, 0.15) is 43.5 Å². The van der Waals surface area contributed by atoms with Crippen LogP contribution in [0, 0.1) is 0 Å². The largest absolute Gasteiger partial charge is 0.497 e. The van der Waals surface area contributed by atoms with Crippen molar-refractivity contribution >= 4 is 26.8 Å². The van der Waals surface area contributed by atoms with Crippen molar-refractivity contribution < 1.29 is 23.1 Å². The number of aromatic nitrogens is 1. The molecule has 0 radical (unpaired) electrons. The lowest BCUT2D eigenvalue weighted by Gasteiger charge is -2.49. The van der Waals surface area contributed by atoms with Gasteiger partial charge in [0.05, 0.1) is 31.5 Å². The average molecular weight is 450 g/mol. The highest BCUT2D eigenvalue weighted by Gasteiger charge is 2.50. The predicted octanol–water partition coefficient (Wildman–Crippen LogP) is 1.77. The van der Waals surface area contributed by atoms with Crippen LogP contribution in [0.4, 0.5) is 0 Å². The molecule has 31 heavy (non-hydrogen) atoms. The maximum Gasteiger partial charge on any atom is 0.222 e. The first-order valence-corrected chi connectivity index (χ1v) is 12.5. The molecule has 0 aliphatic carbocycles. The number of nitrogens with zero attached hydrogens (tertiary/aromatic N) is 3. The number of rotatable bonds is 4. The number of aliphatic hydroxyl groups excluding tert-OH is 1. The minimum absolute atomic E-state index is 0.127. The molecule has 2 aromatic rings. The van der Waals surface area contributed by atoms with Gasteiger partial charge in [0.25, 0.3) is 0 Å². The third-order valence-corrected chi connectivity index (χ3v) is 8.32. The van der Waals surface area contributed by atoms with Crippen molar-refractivity contribution in [3.8, 4) is 5.75 Å². The quantitative estimate of drug-likeness (QED) is 0.768. The number of piperidine rings is 1. The van der Waals surface area contributed by atoms with Crippen LogP contribution in [-0.2, 0) is 27.3 Å². The lowest BCUT2D eigenvalue weighted by atomic mass is 9.69. The van der Waals surface area contributed by atoms with E-state index in [0.717, 1.165) is 27.9 Å². The third-order valence-electron chi connectivity index (χ3n) is 7.08. The van der Waals surface area contributed by atoms with Gasteiger partial charge in [0.2, 0.25) is 15.9 Å². The Balaban J connectivity index is 1.94. The first-order valence-electron chi connectivity index (χ1n) is 10.7. The van der Waals surface area contributed by atoms with Crippen molar-refractivity contribution in [1.29, 1.82) is 0 Å². The zero-order valence-electron chi connectivity index (χ0n) is 18.6. The third kappa shape index (κ3) is 3.43. The lowest BCUT2D eigenvalue weighted by molar-refractivity contribution is -0.132. The summed E-state index contributed by atoms with van der Waals surface area (Å²) < 4.78 is 34.4. The SMILES string of the molecule is CCC(=O)N1CCC2(CC1)CN(S(C)(=O)=O)[C@@H](CO)c1c2c2ccc(OC)cc2n1C. The Morgan fingerprint density at radius 1 is 1.29 bits per heavy atom. The molecule has 4 rings (SSSR count). The van der Waals surface area contributed by atoms with Gasteiger partial charge in [0, 0.05) is 55.7 Å². The van der Waals surface area contributed by atoms with Crippen molar-refractivity contribution in [3.63, 3.8) is 0 Å². The number of amides is 1. The van der Waals surface area contributed by atoms with Gasteiger partial charge in [-0.3, -0.25) is 4.79 Å². The lowest BCUT2D eigenvalue weighted by Crippen LogP contribution is -2.55. The first-order chi connectivity index (χ1) is 14.7. The number of ether oxygens (including phenoxy) is 1. The van der Waals surface area contributed by atoms with Gasteiger partial charge in [-0.15, -0.1) is 0 Å². The van der Waals surface area contributed by atoms with E-state index < -0.39 is 21.5 Å². The molecule has 170 valence electrons. The molecule has 9 heteroatoms. The van der Waals surface area contributed by atoms with E-state index in [1.165, 1.54) is 10.6 Å². The Morgan fingerprint density at radius 3 is 2.52 bits per heavy atom. The molecule has 1 aromatic heterocycles. The number of aryl methyl sites for hydroxylation is 1. The fraction of sp³-hybridized carbons (Fsp3) is 0.591. The van der Waals surface area contributed by atoms with Crippen LogP contribution in [0.15, 0.2) is 18.2 Å². The second kappa shape index (κ2) is 7.79. The van der Waals surface area contributed by atoms with E-state index in [0.29, 0.717) is 38.9 Å². The molecular formula is C22H31N3O5S. The van der Waals surface area contributed by atoms with Gasteiger partial charge in [-0.1, -0.05) is 6.92 Å². The maximum atomic E-state index is 12.8. The summed E-state index contributed by atoms with van der Waals surface area (Å²) in [5.41, 5.74) is 2.47. The topological polar surface area (TPSA) is 92.1 Å². The molecule has 1 saturated heterocycles. The second-order valence-corrected chi connectivity index (χ2v) is 10.7. The number of carbonyl (C=O) groups excluding carboxylic acids is 1. The summed E-state index contributed by atoms with van der Waals surface area (Å²) in [6, 6.07) is 5.26. The number of likely N-dealkylation sites (tertiary alicyclic amines) is 1. The number of aliphatic hydroxyl groups is 1. The number of fused-ring (bicyclic) bond motifs is 4. The first kappa shape index (κ1) is 22.1.